The number of nitrogens with two attached hydrogens (primary N) is 1. The van der Waals surface area contributed by atoms with Crippen molar-refractivity contribution in [3.05, 3.63) is 15.6 Å². The minimum Gasteiger partial charge on any atom is -0.328 e. The molecule has 1 unspecified atom stereocenters. The van der Waals surface area contributed by atoms with E-state index in [2.05, 4.69) is 25.8 Å². The van der Waals surface area contributed by atoms with E-state index in [1.54, 1.807) is 0 Å². The Labute approximate surface area is 90.6 Å². The molecule has 0 aliphatic carbocycles. The van der Waals surface area contributed by atoms with Crippen LogP contribution in [0.5, 0.6) is 0 Å². The molecule has 0 aliphatic rings. The molecule has 1 heterocycles. The highest BCUT2D eigenvalue weighted by molar-refractivity contribution is 7.11. The van der Waals surface area contributed by atoms with Crippen LogP contribution in [0.25, 0.3) is 0 Å². The van der Waals surface area contributed by atoms with Crippen molar-refractivity contribution in [3.63, 3.8) is 0 Å². The van der Waals surface area contributed by atoms with Gasteiger partial charge >= 0.3 is 0 Å². The Morgan fingerprint density at radius 2 is 2.07 bits per heavy atom. The van der Waals surface area contributed by atoms with Gasteiger partial charge in [0, 0.05) is 17.3 Å². The zero-order chi connectivity index (χ0) is 10.6. The molecule has 0 saturated carbocycles. The summed E-state index contributed by atoms with van der Waals surface area (Å²) in [5.74, 6) is 0. The van der Waals surface area contributed by atoms with Crippen molar-refractivity contribution < 1.29 is 0 Å². The van der Waals surface area contributed by atoms with Gasteiger partial charge < -0.3 is 5.73 Å². The van der Waals surface area contributed by atoms with Crippen LogP contribution in [-0.4, -0.2) is 11.0 Å². The fraction of sp³-hybridized carbons (Fsp3) is 0.727. The van der Waals surface area contributed by atoms with E-state index in [9.17, 15) is 0 Å². The van der Waals surface area contributed by atoms with Crippen LogP contribution in [0.2, 0.25) is 0 Å². The summed E-state index contributed by atoms with van der Waals surface area (Å²) < 4.78 is 0. The number of thiazole rings is 1. The summed E-state index contributed by atoms with van der Waals surface area (Å²) in [6.45, 7) is 6.38. The van der Waals surface area contributed by atoms with Gasteiger partial charge in [-0.25, -0.2) is 4.98 Å². The van der Waals surface area contributed by atoms with Gasteiger partial charge in [0.15, 0.2) is 0 Å². The Bertz CT molecular complexity index is 261. The molecule has 3 heteroatoms. The Balaban J connectivity index is 2.38. The van der Waals surface area contributed by atoms with E-state index in [1.807, 2.05) is 11.3 Å². The molecule has 0 saturated heterocycles. The highest BCUT2D eigenvalue weighted by Crippen LogP contribution is 2.18. The molecule has 0 aliphatic heterocycles. The van der Waals surface area contributed by atoms with Gasteiger partial charge in [0.25, 0.3) is 0 Å². The van der Waals surface area contributed by atoms with Gasteiger partial charge in [-0.2, -0.15) is 0 Å². The lowest BCUT2D eigenvalue weighted by atomic mass is 10.1. The lowest BCUT2D eigenvalue weighted by Crippen LogP contribution is -2.20. The summed E-state index contributed by atoms with van der Waals surface area (Å²) in [4.78, 5) is 5.84. The average molecular weight is 212 g/mol. The second-order valence-electron chi connectivity index (χ2n) is 3.84. The van der Waals surface area contributed by atoms with Gasteiger partial charge in [-0.3, -0.25) is 0 Å². The van der Waals surface area contributed by atoms with Gasteiger partial charge in [-0.05, 0) is 26.7 Å². The van der Waals surface area contributed by atoms with Crippen molar-refractivity contribution in [1.29, 1.82) is 0 Å². The SMILES string of the molecule is CCCC(N)CCc1nc(C)c(C)s1. The molecule has 14 heavy (non-hydrogen) atoms. The highest BCUT2D eigenvalue weighted by Gasteiger charge is 2.06. The van der Waals surface area contributed by atoms with Crippen molar-refractivity contribution in [2.75, 3.05) is 0 Å². The molecule has 0 radical (unpaired) electrons. The van der Waals surface area contributed by atoms with Crippen LogP contribution in [0.3, 0.4) is 0 Å². The molecule has 0 spiro atoms. The largest absolute Gasteiger partial charge is 0.328 e. The second kappa shape index (κ2) is 5.47. The molecule has 0 aromatic carbocycles. The number of aromatic nitrogens is 1. The van der Waals surface area contributed by atoms with Crippen molar-refractivity contribution in [2.24, 2.45) is 5.73 Å². The van der Waals surface area contributed by atoms with Crippen LogP contribution in [0.4, 0.5) is 0 Å². The minimum absolute atomic E-state index is 0.351. The fourth-order valence-electron chi connectivity index (χ4n) is 1.47. The molecule has 0 amide bonds. The predicted molar refractivity (Wildman–Crippen MR) is 62.8 cm³/mol. The van der Waals surface area contributed by atoms with Gasteiger partial charge in [0.2, 0.25) is 0 Å². The maximum absolute atomic E-state index is 5.95. The molecular weight excluding hydrogens is 192 g/mol. The first kappa shape index (κ1) is 11.7. The summed E-state index contributed by atoms with van der Waals surface area (Å²) in [6, 6.07) is 0.351. The van der Waals surface area contributed by atoms with E-state index in [1.165, 1.54) is 22.0 Å². The third kappa shape index (κ3) is 3.39. The number of nitrogens with zero attached hydrogens (tertiary/aromatic N) is 1. The fourth-order valence-corrected chi connectivity index (χ4v) is 2.42. The Morgan fingerprint density at radius 1 is 1.36 bits per heavy atom. The summed E-state index contributed by atoms with van der Waals surface area (Å²) in [5.41, 5.74) is 7.13. The van der Waals surface area contributed by atoms with E-state index in [0.717, 1.165) is 19.3 Å². The monoisotopic (exact) mass is 212 g/mol. The van der Waals surface area contributed by atoms with Crippen LogP contribution in [-0.2, 0) is 6.42 Å². The van der Waals surface area contributed by atoms with Crippen LogP contribution in [0, 0.1) is 13.8 Å². The molecule has 2 nitrogen and oxygen atoms in total. The van der Waals surface area contributed by atoms with Crippen molar-refractivity contribution in [1.82, 2.24) is 4.98 Å². The maximum Gasteiger partial charge on any atom is 0.0931 e. The number of hydrogen-bond acceptors (Lipinski definition) is 3. The number of aryl methyl sites for hydroxylation is 3. The van der Waals surface area contributed by atoms with Gasteiger partial charge in [0.05, 0.1) is 10.7 Å². The molecule has 0 bridgehead atoms. The van der Waals surface area contributed by atoms with Crippen LogP contribution >= 0.6 is 11.3 Å². The zero-order valence-corrected chi connectivity index (χ0v) is 10.2. The first-order valence-corrected chi connectivity index (χ1v) is 6.13. The van der Waals surface area contributed by atoms with Crippen molar-refractivity contribution in [3.8, 4) is 0 Å². The lowest BCUT2D eigenvalue weighted by molar-refractivity contribution is 0.560. The summed E-state index contributed by atoms with van der Waals surface area (Å²) in [6.07, 6.45) is 4.42. The van der Waals surface area contributed by atoms with Gasteiger partial charge in [-0.1, -0.05) is 13.3 Å². The van der Waals surface area contributed by atoms with Crippen LogP contribution in [0.15, 0.2) is 0 Å². The standard InChI is InChI=1S/C11H20N2S/c1-4-5-10(12)6-7-11-13-8(2)9(3)14-11/h10H,4-7,12H2,1-3H3. The first-order valence-electron chi connectivity index (χ1n) is 5.32. The normalized spacial score (nSPS) is 13.1. The van der Waals surface area contributed by atoms with Gasteiger partial charge in [0.1, 0.15) is 0 Å². The molecule has 1 atom stereocenters. The van der Waals surface area contributed by atoms with E-state index in [0.29, 0.717) is 6.04 Å². The molecule has 1 aromatic rings. The Hall–Kier alpha value is -0.410. The quantitative estimate of drug-likeness (QED) is 0.815. The lowest BCUT2D eigenvalue weighted by Gasteiger charge is -2.07. The number of rotatable bonds is 5. The molecule has 80 valence electrons. The van der Waals surface area contributed by atoms with Crippen molar-refractivity contribution in [2.45, 2.75) is 52.5 Å². The minimum atomic E-state index is 0.351. The van der Waals surface area contributed by atoms with E-state index >= 15 is 0 Å². The third-order valence-electron chi connectivity index (χ3n) is 2.46. The molecular formula is C11H20N2S. The predicted octanol–water partition coefficient (Wildman–Crippen LogP) is 2.82. The second-order valence-corrected chi connectivity index (χ2v) is 5.12. The van der Waals surface area contributed by atoms with E-state index in [4.69, 9.17) is 5.73 Å². The van der Waals surface area contributed by atoms with Crippen LogP contribution in [0.1, 0.15) is 41.8 Å². The molecule has 1 aromatic heterocycles. The highest BCUT2D eigenvalue weighted by atomic mass is 32.1. The maximum atomic E-state index is 5.95. The van der Waals surface area contributed by atoms with Gasteiger partial charge in [-0.15, -0.1) is 11.3 Å². The Morgan fingerprint density at radius 3 is 2.57 bits per heavy atom. The summed E-state index contributed by atoms with van der Waals surface area (Å²) >= 11 is 1.81. The van der Waals surface area contributed by atoms with Crippen LogP contribution < -0.4 is 5.73 Å². The first-order chi connectivity index (χ1) is 6.63. The smallest absolute Gasteiger partial charge is 0.0931 e. The molecule has 1 rings (SSSR count). The van der Waals surface area contributed by atoms with E-state index < -0.39 is 0 Å². The zero-order valence-electron chi connectivity index (χ0n) is 9.34. The molecule has 0 fully saturated rings. The summed E-state index contributed by atoms with van der Waals surface area (Å²) in [7, 11) is 0. The molecule has 2 N–H and O–H groups in total. The number of hydrogen-bond donors (Lipinski definition) is 1. The van der Waals surface area contributed by atoms with E-state index in [-0.39, 0.29) is 0 Å². The summed E-state index contributed by atoms with van der Waals surface area (Å²) in [5, 5.41) is 1.24. The Kier molecular flexibility index (Phi) is 4.55. The third-order valence-corrected chi connectivity index (χ3v) is 3.59. The van der Waals surface area contributed by atoms with Crippen molar-refractivity contribution >= 4 is 11.3 Å². The topological polar surface area (TPSA) is 38.9 Å². The average Bonchev–Trinajstić information content (AvgIpc) is 2.44.